The zero-order valence-corrected chi connectivity index (χ0v) is 10.2. The Morgan fingerprint density at radius 1 is 1.41 bits per heavy atom. The molecule has 0 unspecified atom stereocenters. The van der Waals surface area contributed by atoms with Crippen LogP contribution in [0.2, 0.25) is 0 Å². The lowest BCUT2D eigenvalue weighted by atomic mass is 10.1. The zero-order chi connectivity index (χ0) is 12.5. The van der Waals surface area contributed by atoms with E-state index in [1.54, 1.807) is 0 Å². The van der Waals surface area contributed by atoms with Gasteiger partial charge in [-0.15, -0.1) is 0 Å². The number of carbonyl (C=O) groups is 1. The van der Waals surface area contributed by atoms with Gasteiger partial charge in [0.1, 0.15) is 6.04 Å². The van der Waals surface area contributed by atoms with Gasteiger partial charge in [0, 0.05) is 19.8 Å². The van der Waals surface area contributed by atoms with Crippen molar-refractivity contribution in [2.45, 2.75) is 19.4 Å². The van der Waals surface area contributed by atoms with E-state index in [2.05, 4.69) is 5.32 Å². The SMILES string of the molecule is CCOCCCNC(=O)[C@@H](N)c1ccccc1. The predicted molar refractivity (Wildman–Crippen MR) is 67.5 cm³/mol. The lowest BCUT2D eigenvalue weighted by molar-refractivity contribution is -0.122. The van der Waals surface area contributed by atoms with E-state index in [9.17, 15) is 4.79 Å². The fourth-order valence-corrected chi connectivity index (χ4v) is 1.45. The normalized spacial score (nSPS) is 12.1. The van der Waals surface area contributed by atoms with E-state index in [1.807, 2.05) is 37.3 Å². The summed E-state index contributed by atoms with van der Waals surface area (Å²) >= 11 is 0. The predicted octanol–water partition coefficient (Wildman–Crippen LogP) is 1.23. The van der Waals surface area contributed by atoms with E-state index in [0.29, 0.717) is 19.8 Å². The number of rotatable bonds is 7. The van der Waals surface area contributed by atoms with Crippen LogP contribution in [-0.2, 0) is 9.53 Å². The van der Waals surface area contributed by atoms with E-state index in [4.69, 9.17) is 10.5 Å². The van der Waals surface area contributed by atoms with Crippen molar-refractivity contribution in [3.63, 3.8) is 0 Å². The number of nitrogens with two attached hydrogens (primary N) is 1. The van der Waals surface area contributed by atoms with Crippen molar-refractivity contribution >= 4 is 5.91 Å². The molecule has 94 valence electrons. The molecule has 0 bridgehead atoms. The molecule has 0 fully saturated rings. The maximum absolute atomic E-state index is 11.7. The second-order valence-electron chi connectivity index (χ2n) is 3.73. The van der Waals surface area contributed by atoms with Gasteiger partial charge >= 0.3 is 0 Å². The highest BCUT2D eigenvalue weighted by molar-refractivity contribution is 5.82. The first-order valence-corrected chi connectivity index (χ1v) is 5.91. The quantitative estimate of drug-likeness (QED) is 0.700. The summed E-state index contributed by atoms with van der Waals surface area (Å²) in [5.41, 5.74) is 6.66. The van der Waals surface area contributed by atoms with E-state index < -0.39 is 6.04 Å². The Hall–Kier alpha value is -1.39. The van der Waals surface area contributed by atoms with Gasteiger partial charge in [0.2, 0.25) is 5.91 Å². The van der Waals surface area contributed by atoms with Gasteiger partial charge in [-0.2, -0.15) is 0 Å². The highest BCUT2D eigenvalue weighted by atomic mass is 16.5. The Morgan fingerprint density at radius 3 is 2.76 bits per heavy atom. The van der Waals surface area contributed by atoms with Gasteiger partial charge < -0.3 is 15.8 Å². The number of benzene rings is 1. The smallest absolute Gasteiger partial charge is 0.241 e. The fourth-order valence-electron chi connectivity index (χ4n) is 1.45. The molecule has 0 aliphatic heterocycles. The molecule has 0 spiro atoms. The highest BCUT2D eigenvalue weighted by Crippen LogP contribution is 2.08. The number of carbonyl (C=O) groups excluding carboxylic acids is 1. The summed E-state index contributed by atoms with van der Waals surface area (Å²) < 4.78 is 5.18. The average Bonchev–Trinajstić information content (AvgIpc) is 2.38. The lowest BCUT2D eigenvalue weighted by Crippen LogP contribution is -2.34. The van der Waals surface area contributed by atoms with Gasteiger partial charge in [-0.3, -0.25) is 4.79 Å². The van der Waals surface area contributed by atoms with Crippen molar-refractivity contribution in [1.82, 2.24) is 5.32 Å². The van der Waals surface area contributed by atoms with Crippen molar-refractivity contribution in [1.29, 1.82) is 0 Å². The molecule has 0 aliphatic rings. The van der Waals surface area contributed by atoms with Gasteiger partial charge in [0.05, 0.1) is 0 Å². The molecule has 1 aromatic rings. The number of ether oxygens (including phenoxy) is 1. The van der Waals surface area contributed by atoms with E-state index in [-0.39, 0.29) is 5.91 Å². The van der Waals surface area contributed by atoms with Crippen LogP contribution < -0.4 is 11.1 Å². The first-order valence-electron chi connectivity index (χ1n) is 5.91. The van der Waals surface area contributed by atoms with Crippen molar-refractivity contribution in [3.8, 4) is 0 Å². The number of hydrogen-bond acceptors (Lipinski definition) is 3. The molecular weight excluding hydrogens is 216 g/mol. The third kappa shape index (κ3) is 4.97. The number of amides is 1. The lowest BCUT2D eigenvalue weighted by Gasteiger charge is -2.12. The topological polar surface area (TPSA) is 64.3 Å². The summed E-state index contributed by atoms with van der Waals surface area (Å²) in [4.78, 5) is 11.7. The molecule has 1 atom stereocenters. The molecule has 4 heteroatoms. The van der Waals surface area contributed by atoms with Crippen molar-refractivity contribution in [2.75, 3.05) is 19.8 Å². The van der Waals surface area contributed by atoms with Crippen LogP contribution in [0.5, 0.6) is 0 Å². The van der Waals surface area contributed by atoms with Gasteiger partial charge in [-0.05, 0) is 18.9 Å². The largest absolute Gasteiger partial charge is 0.382 e. The Balaban J connectivity index is 2.28. The summed E-state index contributed by atoms with van der Waals surface area (Å²) in [6.45, 7) is 3.91. The van der Waals surface area contributed by atoms with Gasteiger partial charge in [0.15, 0.2) is 0 Å². The summed E-state index contributed by atoms with van der Waals surface area (Å²) in [6, 6.07) is 8.75. The molecule has 1 rings (SSSR count). The van der Waals surface area contributed by atoms with Crippen LogP contribution in [0.4, 0.5) is 0 Å². The molecule has 0 heterocycles. The maximum atomic E-state index is 11.7. The molecule has 0 aliphatic carbocycles. The first kappa shape index (κ1) is 13.7. The molecule has 1 amide bonds. The van der Waals surface area contributed by atoms with Crippen LogP contribution in [0.15, 0.2) is 30.3 Å². The van der Waals surface area contributed by atoms with E-state index in [0.717, 1.165) is 12.0 Å². The van der Waals surface area contributed by atoms with Crippen LogP contribution in [0.25, 0.3) is 0 Å². The van der Waals surface area contributed by atoms with Crippen LogP contribution in [-0.4, -0.2) is 25.7 Å². The van der Waals surface area contributed by atoms with Crippen LogP contribution >= 0.6 is 0 Å². The van der Waals surface area contributed by atoms with Gasteiger partial charge in [-0.25, -0.2) is 0 Å². The van der Waals surface area contributed by atoms with Gasteiger partial charge in [0.25, 0.3) is 0 Å². The second kappa shape index (κ2) is 7.81. The molecule has 0 saturated carbocycles. The fraction of sp³-hybridized carbons (Fsp3) is 0.462. The molecule has 3 N–H and O–H groups in total. The highest BCUT2D eigenvalue weighted by Gasteiger charge is 2.14. The number of hydrogen-bond donors (Lipinski definition) is 2. The van der Waals surface area contributed by atoms with Crippen molar-refractivity contribution < 1.29 is 9.53 Å². The zero-order valence-electron chi connectivity index (χ0n) is 10.2. The van der Waals surface area contributed by atoms with Gasteiger partial charge in [-0.1, -0.05) is 30.3 Å². The molecule has 0 radical (unpaired) electrons. The first-order chi connectivity index (χ1) is 8.25. The minimum atomic E-state index is -0.594. The van der Waals surface area contributed by atoms with Crippen molar-refractivity contribution in [2.24, 2.45) is 5.73 Å². The summed E-state index contributed by atoms with van der Waals surface area (Å²) in [6.07, 6.45) is 0.807. The molecule has 1 aromatic carbocycles. The Kier molecular flexibility index (Phi) is 6.29. The Bertz CT molecular complexity index is 327. The van der Waals surface area contributed by atoms with Crippen molar-refractivity contribution in [3.05, 3.63) is 35.9 Å². The number of nitrogens with one attached hydrogen (secondary N) is 1. The summed E-state index contributed by atoms with van der Waals surface area (Å²) in [7, 11) is 0. The molecule has 4 nitrogen and oxygen atoms in total. The molecule has 17 heavy (non-hydrogen) atoms. The maximum Gasteiger partial charge on any atom is 0.241 e. The van der Waals surface area contributed by atoms with Crippen LogP contribution in [0, 0.1) is 0 Å². The second-order valence-corrected chi connectivity index (χ2v) is 3.73. The van der Waals surface area contributed by atoms with E-state index in [1.165, 1.54) is 0 Å². The minimum absolute atomic E-state index is 0.146. The third-order valence-corrected chi connectivity index (χ3v) is 2.41. The monoisotopic (exact) mass is 236 g/mol. The summed E-state index contributed by atoms with van der Waals surface area (Å²) in [5.74, 6) is -0.146. The minimum Gasteiger partial charge on any atom is -0.382 e. The van der Waals surface area contributed by atoms with Crippen LogP contribution in [0.3, 0.4) is 0 Å². The molecule has 0 aromatic heterocycles. The standard InChI is InChI=1S/C13H20N2O2/c1-2-17-10-6-9-15-13(16)12(14)11-7-4-3-5-8-11/h3-5,7-8,12H,2,6,9-10,14H2,1H3,(H,15,16)/t12-/m0/s1. The third-order valence-electron chi connectivity index (χ3n) is 2.41. The summed E-state index contributed by atoms with van der Waals surface area (Å²) in [5, 5.41) is 2.80. The molecular formula is C13H20N2O2. The van der Waals surface area contributed by atoms with Crippen LogP contribution in [0.1, 0.15) is 24.9 Å². The Morgan fingerprint density at radius 2 is 2.12 bits per heavy atom. The Labute approximate surface area is 102 Å². The average molecular weight is 236 g/mol. The van der Waals surface area contributed by atoms with E-state index >= 15 is 0 Å². The molecule has 0 saturated heterocycles.